The Morgan fingerprint density at radius 2 is 2.00 bits per heavy atom. The fourth-order valence-corrected chi connectivity index (χ4v) is 1.19. The van der Waals surface area contributed by atoms with E-state index in [2.05, 4.69) is 11.8 Å². The Balaban J connectivity index is 3.11. The maximum Gasteiger partial charge on any atom is 0.419 e. The fraction of sp³-hybridized carbons (Fsp3) is 0.250. The van der Waals surface area contributed by atoms with Crippen LogP contribution < -0.4 is 0 Å². The summed E-state index contributed by atoms with van der Waals surface area (Å²) in [5.74, 6) is 2.94. The molecule has 0 aliphatic heterocycles. The van der Waals surface area contributed by atoms with Crippen molar-refractivity contribution in [2.45, 2.75) is 19.5 Å². The van der Waals surface area contributed by atoms with Gasteiger partial charge in [0, 0.05) is 5.56 Å². The molecule has 0 spiro atoms. The minimum Gasteiger partial charge on any atom is -0.293 e. The lowest BCUT2D eigenvalue weighted by molar-refractivity contribution is -0.140. The lowest BCUT2D eigenvalue weighted by atomic mass is 10.0. The summed E-state index contributed by atoms with van der Waals surface area (Å²) in [4.78, 5) is 11.4. The van der Waals surface area contributed by atoms with Gasteiger partial charge in [-0.3, -0.25) is 4.79 Å². The standard InChI is InChI=1S/C12H8F4O/c1-2-3-4-11(17)8-5-6-10(13)9(7-8)12(14,15)16/h5-7H,4H2,1H3. The highest BCUT2D eigenvalue weighted by Crippen LogP contribution is 2.32. The first kappa shape index (κ1) is 13.2. The van der Waals surface area contributed by atoms with Gasteiger partial charge in [0.05, 0.1) is 12.0 Å². The number of hydrogen-bond acceptors (Lipinski definition) is 1. The average Bonchev–Trinajstić information content (AvgIpc) is 2.25. The van der Waals surface area contributed by atoms with Crippen LogP contribution in [0.25, 0.3) is 0 Å². The zero-order valence-electron chi connectivity index (χ0n) is 8.86. The molecule has 0 amide bonds. The number of ketones is 1. The van der Waals surface area contributed by atoms with E-state index in [0.717, 1.165) is 6.07 Å². The number of Topliss-reactive ketones (excluding diaryl/α,β-unsaturated/α-hetero) is 1. The van der Waals surface area contributed by atoms with Crippen LogP contribution in [-0.2, 0) is 6.18 Å². The summed E-state index contributed by atoms with van der Waals surface area (Å²) in [7, 11) is 0. The van der Waals surface area contributed by atoms with Gasteiger partial charge in [-0.25, -0.2) is 4.39 Å². The molecule has 0 fully saturated rings. The largest absolute Gasteiger partial charge is 0.419 e. The third kappa shape index (κ3) is 3.31. The number of benzene rings is 1. The van der Waals surface area contributed by atoms with Crippen molar-refractivity contribution < 1.29 is 22.4 Å². The smallest absolute Gasteiger partial charge is 0.293 e. The van der Waals surface area contributed by atoms with E-state index in [1.54, 1.807) is 0 Å². The van der Waals surface area contributed by atoms with Gasteiger partial charge in [-0.15, -0.1) is 5.92 Å². The lowest BCUT2D eigenvalue weighted by Gasteiger charge is -2.08. The van der Waals surface area contributed by atoms with E-state index in [4.69, 9.17) is 0 Å². The molecular formula is C12H8F4O. The van der Waals surface area contributed by atoms with Gasteiger partial charge < -0.3 is 0 Å². The van der Waals surface area contributed by atoms with Gasteiger partial charge in [0.15, 0.2) is 5.78 Å². The van der Waals surface area contributed by atoms with E-state index < -0.39 is 23.3 Å². The molecule has 0 atom stereocenters. The molecule has 1 aromatic carbocycles. The van der Waals surface area contributed by atoms with Crippen molar-refractivity contribution in [2.75, 3.05) is 0 Å². The Morgan fingerprint density at radius 3 is 2.53 bits per heavy atom. The summed E-state index contributed by atoms with van der Waals surface area (Å²) in [6, 6.07) is 2.16. The molecule has 0 aromatic heterocycles. The molecule has 0 aliphatic carbocycles. The number of carbonyl (C=O) groups excluding carboxylic acids is 1. The van der Waals surface area contributed by atoms with Crippen molar-refractivity contribution >= 4 is 5.78 Å². The number of carbonyl (C=O) groups is 1. The highest BCUT2D eigenvalue weighted by Gasteiger charge is 2.34. The van der Waals surface area contributed by atoms with E-state index in [-0.39, 0.29) is 12.0 Å². The van der Waals surface area contributed by atoms with Gasteiger partial charge in [-0.1, -0.05) is 5.92 Å². The van der Waals surface area contributed by atoms with Crippen molar-refractivity contribution in [3.63, 3.8) is 0 Å². The number of hydrogen-bond donors (Lipinski definition) is 0. The quantitative estimate of drug-likeness (QED) is 0.442. The Labute approximate surface area is 95.4 Å². The molecule has 0 aliphatic rings. The van der Waals surface area contributed by atoms with Crippen LogP contribution in [0.3, 0.4) is 0 Å². The second-order valence-electron chi connectivity index (χ2n) is 3.22. The van der Waals surface area contributed by atoms with E-state index in [9.17, 15) is 22.4 Å². The Kier molecular flexibility index (Phi) is 3.89. The molecule has 90 valence electrons. The molecule has 1 nitrogen and oxygen atoms in total. The molecule has 0 N–H and O–H groups in total. The predicted molar refractivity (Wildman–Crippen MR) is 53.8 cm³/mol. The normalized spacial score (nSPS) is 10.6. The summed E-state index contributed by atoms with van der Waals surface area (Å²) in [6.45, 7) is 1.51. The number of alkyl halides is 3. The zero-order chi connectivity index (χ0) is 13.1. The molecule has 17 heavy (non-hydrogen) atoms. The van der Waals surface area contributed by atoms with Crippen LogP contribution >= 0.6 is 0 Å². The SMILES string of the molecule is CC#CCC(=O)c1ccc(F)c(C(F)(F)F)c1. The molecule has 0 unspecified atom stereocenters. The molecule has 1 aromatic rings. The van der Waals surface area contributed by atoms with Crippen LogP contribution in [0, 0.1) is 17.7 Å². The molecule has 1 rings (SSSR count). The molecule has 0 radical (unpaired) electrons. The molecule has 0 saturated heterocycles. The first-order chi connectivity index (χ1) is 7.86. The van der Waals surface area contributed by atoms with E-state index in [0.29, 0.717) is 12.1 Å². The Hall–Kier alpha value is -1.83. The molecule has 0 heterocycles. The zero-order valence-corrected chi connectivity index (χ0v) is 8.86. The Bertz CT molecular complexity index is 491. The third-order valence-electron chi connectivity index (χ3n) is 2.02. The van der Waals surface area contributed by atoms with Crippen LogP contribution in [0.1, 0.15) is 29.3 Å². The van der Waals surface area contributed by atoms with Gasteiger partial charge in [0.25, 0.3) is 0 Å². The lowest BCUT2D eigenvalue weighted by Crippen LogP contribution is -2.10. The monoisotopic (exact) mass is 244 g/mol. The Morgan fingerprint density at radius 1 is 1.35 bits per heavy atom. The van der Waals surface area contributed by atoms with Crippen LogP contribution in [0.5, 0.6) is 0 Å². The second-order valence-corrected chi connectivity index (χ2v) is 3.22. The molecule has 0 saturated carbocycles. The van der Waals surface area contributed by atoms with Crippen LogP contribution in [0.15, 0.2) is 18.2 Å². The highest BCUT2D eigenvalue weighted by molar-refractivity contribution is 5.97. The van der Waals surface area contributed by atoms with E-state index >= 15 is 0 Å². The van der Waals surface area contributed by atoms with Gasteiger partial charge in [0.2, 0.25) is 0 Å². The van der Waals surface area contributed by atoms with Gasteiger partial charge in [-0.2, -0.15) is 13.2 Å². The van der Waals surface area contributed by atoms with Crippen molar-refractivity contribution in [3.05, 3.63) is 35.1 Å². The summed E-state index contributed by atoms with van der Waals surface area (Å²) in [6.07, 6.45) is -4.99. The first-order valence-electron chi connectivity index (χ1n) is 4.66. The van der Waals surface area contributed by atoms with Crippen LogP contribution in [-0.4, -0.2) is 5.78 Å². The maximum atomic E-state index is 12.9. The van der Waals surface area contributed by atoms with Crippen LogP contribution in [0.2, 0.25) is 0 Å². The summed E-state index contributed by atoms with van der Waals surface area (Å²) < 4.78 is 50.0. The predicted octanol–water partition coefficient (Wildman–Crippen LogP) is 3.44. The summed E-state index contributed by atoms with van der Waals surface area (Å²) in [5.41, 5.74) is -1.63. The highest BCUT2D eigenvalue weighted by atomic mass is 19.4. The van der Waals surface area contributed by atoms with Crippen molar-refractivity contribution in [1.82, 2.24) is 0 Å². The van der Waals surface area contributed by atoms with Crippen molar-refractivity contribution in [3.8, 4) is 11.8 Å². The van der Waals surface area contributed by atoms with Gasteiger partial charge in [-0.05, 0) is 25.1 Å². The summed E-state index contributed by atoms with van der Waals surface area (Å²) in [5, 5.41) is 0. The number of halogens is 4. The van der Waals surface area contributed by atoms with Gasteiger partial charge in [0.1, 0.15) is 5.82 Å². The molecule has 5 heteroatoms. The number of rotatable bonds is 2. The second kappa shape index (κ2) is 5.00. The topological polar surface area (TPSA) is 17.1 Å². The van der Waals surface area contributed by atoms with Gasteiger partial charge >= 0.3 is 6.18 Å². The van der Waals surface area contributed by atoms with E-state index in [1.807, 2.05) is 0 Å². The third-order valence-corrected chi connectivity index (χ3v) is 2.02. The maximum absolute atomic E-state index is 12.9. The van der Waals surface area contributed by atoms with Crippen molar-refractivity contribution in [2.24, 2.45) is 0 Å². The van der Waals surface area contributed by atoms with E-state index in [1.165, 1.54) is 6.92 Å². The minimum atomic E-state index is -4.81. The minimum absolute atomic E-state index is 0.181. The molecule has 0 bridgehead atoms. The fourth-order valence-electron chi connectivity index (χ4n) is 1.19. The first-order valence-corrected chi connectivity index (χ1v) is 4.66. The average molecular weight is 244 g/mol. The molecular weight excluding hydrogens is 236 g/mol. The van der Waals surface area contributed by atoms with Crippen molar-refractivity contribution in [1.29, 1.82) is 0 Å². The van der Waals surface area contributed by atoms with Crippen LogP contribution in [0.4, 0.5) is 17.6 Å². The summed E-state index contributed by atoms with van der Waals surface area (Å²) >= 11 is 0.